The number of rotatable bonds is 9. The number of hydrogen-bond donors (Lipinski definition) is 0. The van der Waals surface area contributed by atoms with Crippen LogP contribution in [0.3, 0.4) is 0 Å². The monoisotopic (exact) mass is 445 g/mol. The van der Waals surface area contributed by atoms with E-state index in [0.717, 1.165) is 21.7 Å². The highest BCUT2D eigenvalue weighted by Crippen LogP contribution is 2.20. The molecule has 0 atom stereocenters. The van der Waals surface area contributed by atoms with Crippen LogP contribution in [-0.2, 0) is 16.4 Å². The van der Waals surface area contributed by atoms with Gasteiger partial charge in [0, 0.05) is 28.0 Å². The topological polar surface area (TPSA) is 54.5 Å². The first-order chi connectivity index (χ1) is 12.6. The third-order valence-electron chi connectivity index (χ3n) is 3.81. The van der Waals surface area contributed by atoms with E-state index in [0.29, 0.717) is 23.0 Å². The number of thiophene rings is 1. The van der Waals surface area contributed by atoms with Gasteiger partial charge in [-0.3, -0.25) is 4.79 Å². The Morgan fingerprint density at radius 2 is 1.85 bits per heavy atom. The fourth-order valence-electron chi connectivity index (χ4n) is 2.50. The molecule has 0 aliphatic rings. The molecule has 146 valence electrons. The van der Waals surface area contributed by atoms with Crippen molar-refractivity contribution < 1.29 is 13.2 Å². The van der Waals surface area contributed by atoms with Crippen molar-refractivity contribution in [3.8, 4) is 0 Å². The van der Waals surface area contributed by atoms with Crippen LogP contribution >= 0.6 is 34.5 Å². The van der Waals surface area contributed by atoms with Gasteiger partial charge >= 0.3 is 0 Å². The first-order valence-corrected chi connectivity index (χ1v) is 11.7. The lowest BCUT2D eigenvalue weighted by atomic mass is 10.2. The van der Waals surface area contributed by atoms with Gasteiger partial charge in [-0.2, -0.15) is 4.31 Å². The molecular weight excluding hydrogens is 425 g/mol. The molecule has 27 heavy (non-hydrogen) atoms. The van der Waals surface area contributed by atoms with Gasteiger partial charge in [0.15, 0.2) is 5.78 Å². The summed E-state index contributed by atoms with van der Waals surface area (Å²) in [6.07, 6.45) is 6.20. The van der Waals surface area contributed by atoms with Crippen LogP contribution in [0.1, 0.15) is 33.5 Å². The summed E-state index contributed by atoms with van der Waals surface area (Å²) in [5, 5.41) is 1.06. The average Bonchev–Trinajstić information content (AvgIpc) is 3.00. The number of ketones is 1. The highest BCUT2D eigenvalue weighted by molar-refractivity contribution is 7.88. The zero-order chi connectivity index (χ0) is 20.0. The van der Waals surface area contributed by atoms with Gasteiger partial charge < -0.3 is 0 Å². The molecule has 0 N–H and O–H groups in total. The lowest BCUT2D eigenvalue weighted by molar-refractivity contribution is 0.102. The number of benzene rings is 1. The summed E-state index contributed by atoms with van der Waals surface area (Å²) in [4.78, 5) is 13.2. The average molecular weight is 446 g/mol. The van der Waals surface area contributed by atoms with Gasteiger partial charge in [-0.05, 0) is 55.7 Å². The molecule has 0 saturated carbocycles. The predicted octanol–water partition coefficient (Wildman–Crippen LogP) is 5.17. The Kier molecular flexibility index (Phi) is 8.06. The molecule has 1 aromatic heterocycles. The lowest BCUT2D eigenvalue weighted by Gasteiger charge is -2.17. The highest BCUT2D eigenvalue weighted by atomic mass is 35.5. The fourth-order valence-corrected chi connectivity index (χ4v) is 4.81. The summed E-state index contributed by atoms with van der Waals surface area (Å²) in [6, 6.07) is 8.91. The van der Waals surface area contributed by atoms with E-state index in [9.17, 15) is 13.2 Å². The van der Waals surface area contributed by atoms with Crippen LogP contribution in [0.2, 0.25) is 10.0 Å². The summed E-state index contributed by atoms with van der Waals surface area (Å²) in [5.74, 6) is 0.0512. The second kappa shape index (κ2) is 9.85. The van der Waals surface area contributed by atoms with Crippen molar-refractivity contribution in [2.24, 2.45) is 0 Å². The first-order valence-electron chi connectivity index (χ1n) is 8.32. The van der Waals surface area contributed by atoms with E-state index < -0.39 is 10.0 Å². The van der Waals surface area contributed by atoms with Crippen LogP contribution in [0.15, 0.2) is 36.4 Å². The van der Waals surface area contributed by atoms with E-state index in [4.69, 9.17) is 23.2 Å². The second-order valence-electron chi connectivity index (χ2n) is 6.15. The smallest absolute Gasteiger partial charge is 0.211 e. The number of Topliss-reactive ketones (excluding diaryl/α,β-unsaturated/α-hetero) is 1. The number of sulfonamides is 1. The van der Waals surface area contributed by atoms with Gasteiger partial charge in [-0.1, -0.05) is 35.4 Å². The van der Waals surface area contributed by atoms with Gasteiger partial charge in [0.1, 0.15) is 0 Å². The van der Waals surface area contributed by atoms with Crippen molar-refractivity contribution in [1.29, 1.82) is 0 Å². The van der Waals surface area contributed by atoms with E-state index in [2.05, 4.69) is 0 Å². The molecular formula is C19H21Cl2NO3S2. The van der Waals surface area contributed by atoms with Crippen LogP contribution in [0.25, 0.3) is 6.08 Å². The van der Waals surface area contributed by atoms with Gasteiger partial charge in [0.25, 0.3) is 0 Å². The molecule has 0 bridgehead atoms. The summed E-state index contributed by atoms with van der Waals surface area (Å²) in [7, 11) is -3.32. The van der Waals surface area contributed by atoms with Crippen molar-refractivity contribution in [3.63, 3.8) is 0 Å². The summed E-state index contributed by atoms with van der Waals surface area (Å²) < 4.78 is 25.5. The van der Waals surface area contributed by atoms with Gasteiger partial charge in [0.05, 0.1) is 11.1 Å². The Balaban J connectivity index is 1.94. The Morgan fingerprint density at radius 1 is 1.19 bits per heavy atom. The molecule has 0 saturated heterocycles. The molecule has 0 amide bonds. The number of halogens is 2. The third kappa shape index (κ3) is 7.39. The summed E-state index contributed by atoms with van der Waals surface area (Å²) in [6.45, 7) is 2.22. The van der Waals surface area contributed by atoms with Gasteiger partial charge in [-0.15, -0.1) is 11.3 Å². The SMILES string of the molecule is CC(=O)c1ccc(CCCN(C/C=C/c2cc(Cl)cc(Cl)c2)S(C)(=O)=O)s1. The molecule has 0 unspecified atom stereocenters. The van der Waals surface area contributed by atoms with Crippen molar-refractivity contribution in [1.82, 2.24) is 4.31 Å². The molecule has 0 spiro atoms. The fraction of sp³-hybridized carbons (Fsp3) is 0.316. The van der Waals surface area contributed by atoms with Crippen LogP contribution < -0.4 is 0 Å². The summed E-state index contributed by atoms with van der Waals surface area (Å²) in [5.41, 5.74) is 0.816. The maximum Gasteiger partial charge on any atom is 0.211 e. The predicted molar refractivity (Wildman–Crippen MR) is 115 cm³/mol. The van der Waals surface area contributed by atoms with Crippen LogP contribution in [0.5, 0.6) is 0 Å². The number of aryl methyl sites for hydroxylation is 1. The molecule has 2 rings (SSSR count). The van der Waals surface area contributed by atoms with Crippen LogP contribution in [-0.4, -0.2) is 37.9 Å². The third-order valence-corrected chi connectivity index (χ3v) is 6.76. The maximum absolute atomic E-state index is 12.0. The molecule has 0 fully saturated rings. The quantitative estimate of drug-likeness (QED) is 0.500. The molecule has 1 heterocycles. The van der Waals surface area contributed by atoms with Crippen molar-refractivity contribution in [2.75, 3.05) is 19.3 Å². The van der Waals surface area contributed by atoms with Crippen molar-refractivity contribution >= 4 is 56.4 Å². The number of nitrogens with zero attached hydrogens (tertiary/aromatic N) is 1. The Labute approximate surface area is 174 Å². The van der Waals surface area contributed by atoms with E-state index in [1.165, 1.54) is 21.9 Å². The van der Waals surface area contributed by atoms with E-state index in [1.807, 2.05) is 12.1 Å². The Morgan fingerprint density at radius 3 is 2.41 bits per heavy atom. The van der Waals surface area contributed by atoms with Crippen molar-refractivity contribution in [2.45, 2.75) is 19.8 Å². The van der Waals surface area contributed by atoms with Gasteiger partial charge in [-0.25, -0.2) is 8.42 Å². The van der Waals surface area contributed by atoms with Gasteiger partial charge in [0.2, 0.25) is 10.0 Å². The van der Waals surface area contributed by atoms with E-state index in [1.54, 1.807) is 37.3 Å². The first kappa shape index (κ1) is 22.1. The lowest BCUT2D eigenvalue weighted by Crippen LogP contribution is -2.31. The Bertz CT molecular complexity index is 916. The van der Waals surface area contributed by atoms with Crippen LogP contribution in [0, 0.1) is 0 Å². The number of carbonyl (C=O) groups excluding carboxylic acids is 1. The minimum Gasteiger partial charge on any atom is -0.294 e. The molecule has 1 aromatic carbocycles. The molecule has 0 aliphatic carbocycles. The minimum atomic E-state index is -3.32. The van der Waals surface area contributed by atoms with E-state index in [-0.39, 0.29) is 12.3 Å². The normalized spacial score (nSPS) is 12.2. The molecule has 0 aliphatic heterocycles. The van der Waals surface area contributed by atoms with E-state index >= 15 is 0 Å². The zero-order valence-electron chi connectivity index (χ0n) is 15.1. The van der Waals surface area contributed by atoms with Crippen molar-refractivity contribution in [3.05, 3.63) is 61.8 Å². The maximum atomic E-state index is 12.0. The Hall–Kier alpha value is -1.18. The number of carbonyl (C=O) groups is 1. The largest absolute Gasteiger partial charge is 0.294 e. The molecule has 4 nitrogen and oxygen atoms in total. The molecule has 8 heteroatoms. The van der Waals surface area contributed by atoms with Crippen LogP contribution in [0.4, 0.5) is 0 Å². The standard InChI is InChI=1S/C19H21Cl2NO3S2/c1-14(23)19-8-7-18(26-19)6-4-10-22(27(2,24)25)9-3-5-15-11-16(20)13-17(21)12-15/h3,5,7-8,11-13H,4,6,9-10H2,1-2H3/b5-3+. The minimum absolute atomic E-state index is 0.0512. The highest BCUT2D eigenvalue weighted by Gasteiger charge is 2.15. The number of hydrogen-bond acceptors (Lipinski definition) is 4. The molecule has 2 aromatic rings. The summed E-state index contributed by atoms with van der Waals surface area (Å²) >= 11 is 13.4. The zero-order valence-corrected chi connectivity index (χ0v) is 18.3. The molecule has 0 radical (unpaired) electrons. The second-order valence-corrected chi connectivity index (χ2v) is 10.2.